The Kier molecular flexibility index (Phi) is 5.18. The first-order chi connectivity index (χ1) is 13.0. The van der Waals surface area contributed by atoms with Crippen LogP contribution in [0.5, 0.6) is 0 Å². The Morgan fingerprint density at radius 2 is 1.96 bits per heavy atom. The highest BCUT2D eigenvalue weighted by molar-refractivity contribution is 9.10. The first-order valence-corrected chi connectivity index (χ1v) is 9.15. The van der Waals surface area contributed by atoms with Gasteiger partial charge >= 0.3 is 6.18 Å². The molecule has 0 atom stereocenters. The van der Waals surface area contributed by atoms with Crippen molar-refractivity contribution in [3.63, 3.8) is 0 Å². The summed E-state index contributed by atoms with van der Waals surface area (Å²) in [5, 5.41) is 2.66. The SMILES string of the molecule is CC(C)(Sc1nc(N)nc2nc[nH]c12)C(=O)Nc1ncc(Br)c(C(F)(F)F)n1. The van der Waals surface area contributed by atoms with Crippen molar-refractivity contribution in [2.24, 2.45) is 0 Å². The first kappa shape index (κ1) is 20.3. The molecule has 0 spiro atoms. The van der Waals surface area contributed by atoms with Gasteiger partial charge in [-0.1, -0.05) is 11.8 Å². The van der Waals surface area contributed by atoms with Crippen molar-refractivity contribution in [1.82, 2.24) is 29.9 Å². The number of H-pyrrole nitrogens is 1. The fourth-order valence-electron chi connectivity index (χ4n) is 2.06. The van der Waals surface area contributed by atoms with Crippen LogP contribution in [0, 0.1) is 0 Å². The lowest BCUT2D eigenvalue weighted by molar-refractivity contribution is -0.141. The third-order valence-corrected chi connectivity index (χ3v) is 5.17. The van der Waals surface area contributed by atoms with Gasteiger partial charge in [0.2, 0.25) is 17.8 Å². The lowest BCUT2D eigenvalue weighted by Crippen LogP contribution is -2.35. The van der Waals surface area contributed by atoms with Gasteiger partial charge in [0.25, 0.3) is 0 Å². The van der Waals surface area contributed by atoms with Gasteiger partial charge in [-0.05, 0) is 29.8 Å². The molecule has 0 unspecified atom stereocenters. The van der Waals surface area contributed by atoms with Crippen molar-refractivity contribution in [2.75, 3.05) is 11.1 Å². The molecule has 0 radical (unpaired) electrons. The van der Waals surface area contributed by atoms with Gasteiger partial charge in [0.15, 0.2) is 11.3 Å². The fraction of sp³-hybridized carbons (Fsp3) is 0.286. The van der Waals surface area contributed by atoms with E-state index in [4.69, 9.17) is 5.73 Å². The van der Waals surface area contributed by atoms with Gasteiger partial charge in [0.1, 0.15) is 10.5 Å². The number of amides is 1. The van der Waals surface area contributed by atoms with E-state index < -0.39 is 28.5 Å². The smallest absolute Gasteiger partial charge is 0.368 e. The molecule has 14 heteroatoms. The maximum Gasteiger partial charge on any atom is 0.434 e. The number of halogens is 4. The van der Waals surface area contributed by atoms with E-state index >= 15 is 0 Å². The van der Waals surface area contributed by atoms with Crippen molar-refractivity contribution < 1.29 is 18.0 Å². The molecule has 3 aromatic rings. The maximum absolute atomic E-state index is 13.0. The molecule has 0 bridgehead atoms. The van der Waals surface area contributed by atoms with Crippen LogP contribution in [0.15, 0.2) is 22.0 Å². The summed E-state index contributed by atoms with van der Waals surface area (Å²) in [7, 11) is 0. The molecule has 3 heterocycles. The Morgan fingerprint density at radius 1 is 1.25 bits per heavy atom. The molecule has 0 aliphatic heterocycles. The highest BCUT2D eigenvalue weighted by atomic mass is 79.9. The van der Waals surface area contributed by atoms with Crippen molar-refractivity contribution in [3.05, 3.63) is 22.7 Å². The van der Waals surface area contributed by atoms with Crippen molar-refractivity contribution in [3.8, 4) is 0 Å². The topological polar surface area (TPSA) is 135 Å². The molecule has 4 N–H and O–H groups in total. The van der Waals surface area contributed by atoms with Crippen LogP contribution >= 0.6 is 27.7 Å². The lowest BCUT2D eigenvalue weighted by Gasteiger charge is -2.22. The highest BCUT2D eigenvalue weighted by Crippen LogP contribution is 2.36. The number of nitrogens with zero attached hydrogens (tertiary/aromatic N) is 5. The van der Waals surface area contributed by atoms with E-state index in [1.54, 1.807) is 13.8 Å². The number of carbonyl (C=O) groups is 1. The normalized spacial score (nSPS) is 12.4. The zero-order valence-corrected chi connectivity index (χ0v) is 16.7. The number of anilines is 2. The number of nitrogens with one attached hydrogen (secondary N) is 2. The second-order valence-corrected chi connectivity index (χ2v) is 8.41. The molecule has 1 amide bonds. The van der Waals surface area contributed by atoms with Crippen LogP contribution in [0.3, 0.4) is 0 Å². The second-order valence-electron chi connectivity index (χ2n) is 5.94. The minimum absolute atomic E-state index is 0.0237. The molecule has 0 saturated carbocycles. The summed E-state index contributed by atoms with van der Waals surface area (Å²) < 4.78 is 37.4. The van der Waals surface area contributed by atoms with Gasteiger partial charge in [-0.15, -0.1) is 0 Å². The molecule has 28 heavy (non-hydrogen) atoms. The van der Waals surface area contributed by atoms with E-state index in [1.165, 1.54) is 6.33 Å². The van der Waals surface area contributed by atoms with Crippen LogP contribution in [0.4, 0.5) is 25.1 Å². The fourth-order valence-corrected chi connectivity index (χ4v) is 3.50. The summed E-state index contributed by atoms with van der Waals surface area (Å²) in [6.07, 6.45) is -2.37. The molecule has 3 aromatic heterocycles. The summed E-state index contributed by atoms with van der Waals surface area (Å²) >= 11 is 3.78. The largest absolute Gasteiger partial charge is 0.434 e. The number of nitrogens with two attached hydrogens (primary N) is 1. The molecular weight excluding hydrogens is 465 g/mol. The second kappa shape index (κ2) is 7.16. The number of aromatic amines is 1. The number of imidazole rings is 1. The Hall–Kier alpha value is -2.48. The van der Waals surface area contributed by atoms with Crippen LogP contribution in [-0.2, 0) is 11.0 Å². The standard InChI is InChI=1S/C14H12BrF3N8OS/c1-13(2,28-9-6-8(22-4-21-6)24-11(19)25-9)10(27)26-12-20-3-5(15)7(23-12)14(16,17)18/h3-4H,1-2H3,(H,20,23,26,27)(H3,19,21,22,24,25). The average Bonchev–Trinajstić information content (AvgIpc) is 3.03. The molecule has 3 rings (SSSR count). The monoisotopic (exact) mass is 476 g/mol. The molecular formula is C14H12BrF3N8OS. The number of nitrogen functional groups attached to an aromatic ring is 1. The number of rotatable bonds is 4. The zero-order valence-electron chi connectivity index (χ0n) is 14.3. The lowest BCUT2D eigenvalue weighted by atomic mass is 10.2. The highest BCUT2D eigenvalue weighted by Gasteiger charge is 2.37. The Bertz CT molecular complexity index is 1050. The van der Waals surface area contributed by atoms with Crippen molar-refractivity contribution in [1.29, 1.82) is 0 Å². The Labute approximate surface area is 168 Å². The van der Waals surface area contributed by atoms with E-state index in [9.17, 15) is 18.0 Å². The van der Waals surface area contributed by atoms with Gasteiger partial charge in [-0.25, -0.2) is 19.9 Å². The molecule has 0 aliphatic carbocycles. The zero-order chi connectivity index (χ0) is 20.7. The summed E-state index contributed by atoms with van der Waals surface area (Å²) in [5.41, 5.74) is 5.28. The van der Waals surface area contributed by atoms with E-state index in [0.29, 0.717) is 16.2 Å². The van der Waals surface area contributed by atoms with Gasteiger partial charge < -0.3 is 10.7 Å². The van der Waals surface area contributed by atoms with Crippen LogP contribution in [0.25, 0.3) is 11.2 Å². The number of hydrogen-bond acceptors (Lipinski definition) is 8. The summed E-state index contributed by atoms with van der Waals surface area (Å²) in [6.45, 7) is 3.13. The maximum atomic E-state index is 13.0. The van der Waals surface area contributed by atoms with Crippen LogP contribution in [-0.4, -0.2) is 40.6 Å². The first-order valence-electron chi connectivity index (χ1n) is 7.54. The van der Waals surface area contributed by atoms with Gasteiger partial charge in [0.05, 0.1) is 15.5 Å². The minimum Gasteiger partial charge on any atom is -0.368 e. The summed E-state index contributed by atoms with van der Waals surface area (Å²) in [4.78, 5) is 34.6. The van der Waals surface area contributed by atoms with Crippen LogP contribution < -0.4 is 11.1 Å². The number of thioether (sulfide) groups is 1. The predicted molar refractivity (Wildman–Crippen MR) is 99.4 cm³/mol. The Balaban J connectivity index is 1.84. The number of carbonyl (C=O) groups excluding carboxylic acids is 1. The van der Waals surface area contributed by atoms with Crippen LogP contribution in [0.1, 0.15) is 19.5 Å². The quantitative estimate of drug-likeness (QED) is 0.386. The molecule has 0 aliphatic rings. The number of fused-ring (bicyclic) bond motifs is 1. The Morgan fingerprint density at radius 3 is 2.64 bits per heavy atom. The van der Waals surface area contributed by atoms with Crippen molar-refractivity contribution in [2.45, 2.75) is 29.8 Å². The van der Waals surface area contributed by atoms with E-state index in [2.05, 4.69) is 51.2 Å². The summed E-state index contributed by atoms with van der Waals surface area (Å²) in [6, 6.07) is 0. The van der Waals surface area contributed by atoms with Gasteiger partial charge in [-0.2, -0.15) is 18.2 Å². The molecule has 148 valence electrons. The number of hydrogen-bond donors (Lipinski definition) is 3. The summed E-state index contributed by atoms with van der Waals surface area (Å²) in [5.74, 6) is -1.12. The third-order valence-electron chi connectivity index (χ3n) is 3.41. The number of alkyl halides is 3. The molecule has 0 aromatic carbocycles. The van der Waals surface area contributed by atoms with Crippen LogP contribution in [0.2, 0.25) is 0 Å². The van der Waals surface area contributed by atoms with E-state index in [1.807, 2.05) is 0 Å². The molecule has 9 nitrogen and oxygen atoms in total. The van der Waals surface area contributed by atoms with E-state index in [-0.39, 0.29) is 10.4 Å². The molecule has 0 fully saturated rings. The number of aromatic nitrogens is 6. The van der Waals surface area contributed by atoms with Gasteiger partial charge in [-0.3, -0.25) is 10.1 Å². The van der Waals surface area contributed by atoms with Gasteiger partial charge in [0, 0.05) is 6.20 Å². The minimum atomic E-state index is -4.70. The predicted octanol–water partition coefficient (Wildman–Crippen LogP) is 3.02. The molecule has 0 saturated heterocycles. The third kappa shape index (κ3) is 4.16. The van der Waals surface area contributed by atoms with E-state index in [0.717, 1.165) is 18.0 Å². The average molecular weight is 477 g/mol. The van der Waals surface area contributed by atoms with Crippen molar-refractivity contribution >= 4 is 56.7 Å².